The zero-order valence-corrected chi connectivity index (χ0v) is 10.6. The van der Waals surface area contributed by atoms with Crippen molar-refractivity contribution in [1.82, 2.24) is 5.32 Å². The van der Waals surface area contributed by atoms with Crippen LogP contribution in [0.15, 0.2) is 24.3 Å². The van der Waals surface area contributed by atoms with Crippen LogP contribution in [0.25, 0.3) is 6.08 Å². The molecule has 7 heteroatoms. The lowest BCUT2D eigenvalue weighted by Gasteiger charge is -2.09. The molecule has 0 saturated carbocycles. The predicted molar refractivity (Wildman–Crippen MR) is 65.4 cm³/mol. The van der Waals surface area contributed by atoms with E-state index in [-0.39, 0.29) is 11.5 Å². The van der Waals surface area contributed by atoms with Crippen LogP contribution in [-0.4, -0.2) is 18.8 Å². The van der Waals surface area contributed by atoms with E-state index in [9.17, 15) is 22.4 Å². The molecule has 1 rings (SSSR count). The predicted octanol–water partition coefficient (Wildman–Crippen LogP) is 3.26. The number of benzene rings is 1. The van der Waals surface area contributed by atoms with Gasteiger partial charge in [0.05, 0.1) is 0 Å². The highest BCUT2D eigenvalue weighted by Gasteiger charge is 2.31. The first kappa shape index (κ1) is 16.0. The van der Waals surface area contributed by atoms with E-state index in [1.807, 2.05) is 0 Å². The van der Waals surface area contributed by atoms with Gasteiger partial charge in [-0.1, -0.05) is 12.2 Å². The molecule has 0 saturated heterocycles. The Morgan fingerprint density at radius 2 is 2.10 bits per heavy atom. The van der Waals surface area contributed by atoms with Crippen molar-refractivity contribution < 1.29 is 27.1 Å². The summed E-state index contributed by atoms with van der Waals surface area (Å²) in [5.41, 5.74) is -0.0189. The molecule has 0 aliphatic rings. The molecule has 1 aromatic carbocycles. The maximum Gasteiger partial charge on any atom is 0.573 e. The Morgan fingerprint density at radius 3 is 2.70 bits per heavy atom. The largest absolute Gasteiger partial charge is 0.573 e. The zero-order valence-electron chi connectivity index (χ0n) is 10.6. The summed E-state index contributed by atoms with van der Waals surface area (Å²) in [4.78, 5) is 10.6. The van der Waals surface area contributed by atoms with Crippen molar-refractivity contribution in [2.45, 2.75) is 19.7 Å². The number of alkyl halides is 3. The topological polar surface area (TPSA) is 38.3 Å². The average Bonchev–Trinajstić information content (AvgIpc) is 2.30. The van der Waals surface area contributed by atoms with Gasteiger partial charge in [0.15, 0.2) is 0 Å². The molecule has 20 heavy (non-hydrogen) atoms. The Morgan fingerprint density at radius 1 is 1.40 bits per heavy atom. The minimum Gasteiger partial charge on any atom is -0.406 e. The van der Waals surface area contributed by atoms with E-state index in [0.29, 0.717) is 13.0 Å². The molecule has 0 unspecified atom stereocenters. The molecule has 1 amide bonds. The van der Waals surface area contributed by atoms with E-state index < -0.39 is 17.9 Å². The van der Waals surface area contributed by atoms with Crippen LogP contribution >= 0.6 is 0 Å². The monoisotopic (exact) mass is 291 g/mol. The molecule has 0 atom stereocenters. The summed E-state index contributed by atoms with van der Waals surface area (Å²) in [6.45, 7) is 1.73. The number of amides is 1. The van der Waals surface area contributed by atoms with Crippen LogP contribution in [0.4, 0.5) is 17.6 Å². The lowest BCUT2D eigenvalue weighted by molar-refractivity contribution is -0.274. The molecule has 0 heterocycles. The van der Waals surface area contributed by atoms with Crippen LogP contribution in [-0.2, 0) is 4.79 Å². The lowest BCUT2D eigenvalue weighted by atomic mass is 10.1. The van der Waals surface area contributed by atoms with Crippen molar-refractivity contribution in [2.24, 2.45) is 0 Å². The van der Waals surface area contributed by atoms with Crippen molar-refractivity contribution in [3.63, 3.8) is 0 Å². The highest BCUT2D eigenvalue weighted by molar-refractivity contribution is 5.72. The number of carbonyl (C=O) groups excluding carboxylic acids is 1. The Balaban J connectivity index is 2.67. The van der Waals surface area contributed by atoms with Crippen molar-refractivity contribution in [3.8, 4) is 5.75 Å². The molecule has 0 aromatic heterocycles. The van der Waals surface area contributed by atoms with Gasteiger partial charge in [-0.3, -0.25) is 4.79 Å². The third-order valence-electron chi connectivity index (χ3n) is 2.18. The molecule has 0 bridgehead atoms. The molecule has 110 valence electrons. The van der Waals surface area contributed by atoms with E-state index in [1.165, 1.54) is 13.0 Å². The standard InChI is InChI=1S/C13H13F4NO2/c1-9(19)18-7-3-2-4-10-8-11(5-6-12(10)14)20-13(15,16)17/h2,4-6,8H,3,7H2,1H3,(H,18,19). The van der Waals surface area contributed by atoms with Crippen molar-refractivity contribution in [1.29, 1.82) is 0 Å². The molecule has 1 N–H and O–H groups in total. The van der Waals surface area contributed by atoms with Crippen molar-refractivity contribution in [2.75, 3.05) is 6.54 Å². The summed E-state index contributed by atoms with van der Waals surface area (Å²) in [6.07, 6.45) is -1.50. The summed E-state index contributed by atoms with van der Waals surface area (Å²) in [5.74, 6) is -1.33. The van der Waals surface area contributed by atoms with E-state index in [2.05, 4.69) is 10.1 Å². The van der Waals surface area contributed by atoms with Crippen LogP contribution in [0.5, 0.6) is 5.75 Å². The third kappa shape index (κ3) is 6.21. The third-order valence-corrected chi connectivity index (χ3v) is 2.18. The van der Waals surface area contributed by atoms with Crippen LogP contribution in [0.1, 0.15) is 18.9 Å². The molecule has 3 nitrogen and oxygen atoms in total. The summed E-state index contributed by atoms with van der Waals surface area (Å²) >= 11 is 0. The number of carbonyl (C=O) groups is 1. The zero-order chi connectivity index (χ0) is 15.2. The molecular formula is C13H13F4NO2. The second-order valence-corrected chi connectivity index (χ2v) is 3.91. The van der Waals surface area contributed by atoms with Crippen molar-refractivity contribution >= 4 is 12.0 Å². The van der Waals surface area contributed by atoms with Gasteiger partial charge >= 0.3 is 6.36 Å². The minimum atomic E-state index is -4.82. The Bertz CT molecular complexity index is 498. The average molecular weight is 291 g/mol. The first-order chi connectivity index (χ1) is 9.28. The molecule has 0 radical (unpaired) electrons. The number of ether oxygens (including phenoxy) is 1. The second kappa shape index (κ2) is 6.93. The van der Waals surface area contributed by atoms with Gasteiger partial charge in [-0.15, -0.1) is 13.2 Å². The maximum atomic E-state index is 13.4. The van der Waals surface area contributed by atoms with E-state index in [0.717, 1.165) is 18.2 Å². The van der Waals surface area contributed by atoms with Crippen LogP contribution < -0.4 is 10.1 Å². The lowest BCUT2D eigenvalue weighted by Crippen LogP contribution is -2.20. The van der Waals surface area contributed by atoms with Crippen LogP contribution in [0.2, 0.25) is 0 Å². The molecule has 0 aliphatic heterocycles. The van der Waals surface area contributed by atoms with Gasteiger partial charge in [-0.25, -0.2) is 4.39 Å². The van der Waals surface area contributed by atoms with Crippen LogP contribution in [0.3, 0.4) is 0 Å². The quantitative estimate of drug-likeness (QED) is 0.668. The van der Waals surface area contributed by atoms with Gasteiger partial charge in [0.2, 0.25) is 5.91 Å². The van der Waals surface area contributed by atoms with Gasteiger partial charge < -0.3 is 10.1 Å². The summed E-state index contributed by atoms with van der Waals surface area (Å²) in [7, 11) is 0. The SMILES string of the molecule is CC(=O)NCCC=Cc1cc(OC(F)(F)F)ccc1F. The smallest absolute Gasteiger partial charge is 0.406 e. The van der Waals surface area contributed by atoms with E-state index >= 15 is 0 Å². The van der Waals surface area contributed by atoms with Crippen molar-refractivity contribution in [3.05, 3.63) is 35.7 Å². The molecule has 1 aromatic rings. The number of nitrogens with one attached hydrogen (secondary N) is 1. The van der Waals surface area contributed by atoms with E-state index in [4.69, 9.17) is 0 Å². The minimum absolute atomic E-state index is 0.0189. The van der Waals surface area contributed by atoms with Gasteiger partial charge in [0, 0.05) is 19.0 Å². The number of hydrogen-bond donors (Lipinski definition) is 1. The van der Waals surface area contributed by atoms with E-state index in [1.54, 1.807) is 6.08 Å². The summed E-state index contributed by atoms with van der Waals surface area (Å²) < 4.78 is 53.2. The fourth-order valence-corrected chi connectivity index (χ4v) is 1.39. The van der Waals surface area contributed by atoms with Gasteiger partial charge in [0.25, 0.3) is 0 Å². The van der Waals surface area contributed by atoms with Gasteiger partial charge in [0.1, 0.15) is 11.6 Å². The molecule has 0 aliphatic carbocycles. The van der Waals surface area contributed by atoms with Gasteiger partial charge in [-0.2, -0.15) is 0 Å². The molecule has 0 fully saturated rings. The molecule has 0 spiro atoms. The Labute approximate surface area is 113 Å². The maximum absolute atomic E-state index is 13.4. The summed E-state index contributed by atoms with van der Waals surface area (Å²) in [6, 6.07) is 2.75. The molecular weight excluding hydrogens is 278 g/mol. The first-order valence-electron chi connectivity index (χ1n) is 5.74. The number of hydrogen-bond acceptors (Lipinski definition) is 2. The number of halogens is 4. The highest BCUT2D eigenvalue weighted by atomic mass is 19.4. The fraction of sp³-hybridized carbons (Fsp3) is 0.308. The highest BCUT2D eigenvalue weighted by Crippen LogP contribution is 2.25. The van der Waals surface area contributed by atoms with Crippen LogP contribution in [0, 0.1) is 5.82 Å². The number of rotatable bonds is 5. The fourth-order valence-electron chi connectivity index (χ4n) is 1.39. The summed E-state index contributed by atoms with van der Waals surface area (Å²) in [5, 5.41) is 2.53. The normalized spacial score (nSPS) is 11.7. The van der Waals surface area contributed by atoms with Gasteiger partial charge in [-0.05, 0) is 24.6 Å². The second-order valence-electron chi connectivity index (χ2n) is 3.91. The first-order valence-corrected chi connectivity index (χ1v) is 5.74. The Hall–Kier alpha value is -2.05. The Kier molecular flexibility index (Phi) is 5.54.